The lowest BCUT2D eigenvalue weighted by atomic mass is 10.1. The first kappa shape index (κ1) is 11.9. The molecule has 0 saturated carbocycles. The Balaban J connectivity index is 2.08. The van der Waals surface area contributed by atoms with Gasteiger partial charge in [0.05, 0.1) is 5.92 Å². The van der Waals surface area contributed by atoms with E-state index in [-0.39, 0.29) is 17.7 Å². The van der Waals surface area contributed by atoms with E-state index in [4.69, 9.17) is 0 Å². The predicted molar refractivity (Wildman–Crippen MR) is 67.1 cm³/mol. The van der Waals surface area contributed by atoms with Crippen LogP contribution in [-0.2, 0) is 9.59 Å². The highest BCUT2D eigenvalue weighted by Crippen LogP contribution is 2.30. The fourth-order valence-corrected chi connectivity index (χ4v) is 3.73. The Labute approximate surface area is 103 Å². The molecule has 0 aromatic carbocycles. The minimum absolute atomic E-state index is 0.0317. The van der Waals surface area contributed by atoms with Gasteiger partial charge in [-0.1, -0.05) is 0 Å². The summed E-state index contributed by atoms with van der Waals surface area (Å²) >= 11 is 3.39. The molecular weight excluding hydrogens is 244 g/mol. The molecule has 1 unspecified atom stereocenters. The third-order valence-corrected chi connectivity index (χ3v) is 4.67. The van der Waals surface area contributed by atoms with Crippen LogP contribution >= 0.6 is 23.5 Å². The molecule has 0 bridgehead atoms. The van der Waals surface area contributed by atoms with Gasteiger partial charge in [-0.05, 0) is 0 Å². The summed E-state index contributed by atoms with van der Waals surface area (Å²) < 4.78 is 0. The van der Waals surface area contributed by atoms with Gasteiger partial charge >= 0.3 is 0 Å². The van der Waals surface area contributed by atoms with Crippen LogP contribution < -0.4 is 10.6 Å². The average Bonchev–Trinajstić information content (AvgIpc) is 2.59. The second-order valence-electron chi connectivity index (χ2n) is 3.63. The molecule has 0 radical (unpaired) electrons. The van der Waals surface area contributed by atoms with Crippen molar-refractivity contribution in [2.75, 3.05) is 23.8 Å². The number of hydrogen-bond acceptors (Lipinski definition) is 4. The van der Waals surface area contributed by atoms with E-state index in [1.807, 2.05) is 0 Å². The lowest BCUT2D eigenvalue weighted by Gasteiger charge is -2.14. The van der Waals surface area contributed by atoms with Crippen LogP contribution in [-0.4, -0.2) is 35.6 Å². The van der Waals surface area contributed by atoms with Crippen molar-refractivity contribution >= 4 is 35.3 Å². The Morgan fingerprint density at radius 3 is 3.06 bits per heavy atom. The molecule has 0 aromatic rings. The number of carbonyl (C=O) groups is 2. The van der Waals surface area contributed by atoms with Crippen molar-refractivity contribution in [2.45, 2.75) is 6.42 Å². The standard InChI is InChI=1S/C10H14N2O2S2/c13-9-1-3-16-8(5-12-9)7-6-15-4-2-11-10(7)14/h5,7H,1-4,6H2,(H,11,14)(H,12,13). The van der Waals surface area contributed by atoms with E-state index in [1.165, 1.54) is 0 Å². The molecule has 1 fully saturated rings. The normalized spacial score (nSPS) is 27.2. The maximum absolute atomic E-state index is 11.8. The second kappa shape index (κ2) is 5.63. The first-order chi connectivity index (χ1) is 7.77. The van der Waals surface area contributed by atoms with Crippen LogP contribution in [0.3, 0.4) is 0 Å². The molecular formula is C10H14N2O2S2. The third-order valence-electron chi connectivity index (χ3n) is 2.46. The summed E-state index contributed by atoms with van der Waals surface area (Å²) in [4.78, 5) is 24.0. The number of carbonyl (C=O) groups excluding carboxylic acids is 2. The Bertz CT molecular complexity index is 331. The molecule has 0 spiro atoms. The number of amides is 2. The van der Waals surface area contributed by atoms with Gasteiger partial charge in [-0.2, -0.15) is 11.8 Å². The zero-order chi connectivity index (χ0) is 11.4. The van der Waals surface area contributed by atoms with Gasteiger partial charge in [0.2, 0.25) is 11.8 Å². The van der Waals surface area contributed by atoms with Crippen LogP contribution in [0.25, 0.3) is 0 Å². The molecule has 2 aliphatic rings. The largest absolute Gasteiger partial charge is 0.355 e. The van der Waals surface area contributed by atoms with E-state index >= 15 is 0 Å². The molecule has 16 heavy (non-hydrogen) atoms. The van der Waals surface area contributed by atoms with E-state index in [1.54, 1.807) is 29.7 Å². The lowest BCUT2D eigenvalue weighted by Crippen LogP contribution is -2.31. The Kier molecular flexibility index (Phi) is 4.17. The average molecular weight is 258 g/mol. The molecule has 2 rings (SSSR count). The van der Waals surface area contributed by atoms with E-state index < -0.39 is 0 Å². The first-order valence-corrected chi connectivity index (χ1v) is 7.39. The van der Waals surface area contributed by atoms with Gasteiger partial charge in [0, 0.05) is 41.3 Å². The van der Waals surface area contributed by atoms with Gasteiger partial charge in [0.25, 0.3) is 0 Å². The fraction of sp³-hybridized carbons (Fsp3) is 0.600. The summed E-state index contributed by atoms with van der Waals surface area (Å²) in [5, 5.41) is 5.62. The number of thioether (sulfide) groups is 2. The molecule has 88 valence electrons. The Morgan fingerprint density at radius 2 is 2.19 bits per heavy atom. The van der Waals surface area contributed by atoms with E-state index in [0.29, 0.717) is 6.42 Å². The van der Waals surface area contributed by atoms with Crippen molar-refractivity contribution in [1.29, 1.82) is 0 Å². The second-order valence-corrected chi connectivity index (χ2v) is 5.95. The topological polar surface area (TPSA) is 58.2 Å². The molecule has 1 atom stereocenters. The van der Waals surface area contributed by atoms with Gasteiger partial charge in [0.15, 0.2) is 0 Å². The molecule has 2 heterocycles. The summed E-state index contributed by atoms with van der Waals surface area (Å²) in [7, 11) is 0. The van der Waals surface area contributed by atoms with Gasteiger partial charge < -0.3 is 10.6 Å². The molecule has 2 aliphatic heterocycles. The van der Waals surface area contributed by atoms with Crippen molar-refractivity contribution in [2.24, 2.45) is 5.92 Å². The van der Waals surface area contributed by atoms with Gasteiger partial charge in [-0.3, -0.25) is 9.59 Å². The minimum Gasteiger partial charge on any atom is -0.355 e. The maximum Gasteiger partial charge on any atom is 0.229 e. The SMILES string of the molecule is O=C1CCSC(C2CSCCNC2=O)=CN1. The van der Waals surface area contributed by atoms with Crippen molar-refractivity contribution in [1.82, 2.24) is 10.6 Å². The zero-order valence-electron chi connectivity index (χ0n) is 8.82. The number of hydrogen-bond donors (Lipinski definition) is 2. The maximum atomic E-state index is 11.8. The molecule has 2 amide bonds. The van der Waals surface area contributed by atoms with Crippen molar-refractivity contribution in [3.05, 3.63) is 11.1 Å². The molecule has 0 aliphatic carbocycles. The van der Waals surface area contributed by atoms with Crippen LogP contribution in [0.5, 0.6) is 0 Å². The van der Waals surface area contributed by atoms with Gasteiger partial charge in [0.1, 0.15) is 0 Å². The summed E-state index contributed by atoms with van der Waals surface area (Å²) in [6.07, 6.45) is 2.22. The van der Waals surface area contributed by atoms with Crippen molar-refractivity contribution in [3.8, 4) is 0 Å². The zero-order valence-corrected chi connectivity index (χ0v) is 10.5. The molecule has 0 aromatic heterocycles. The lowest BCUT2D eigenvalue weighted by molar-refractivity contribution is -0.123. The van der Waals surface area contributed by atoms with Crippen LogP contribution in [0.2, 0.25) is 0 Å². The summed E-state index contributed by atoms with van der Waals surface area (Å²) in [6.45, 7) is 0.740. The van der Waals surface area contributed by atoms with Crippen LogP contribution in [0.1, 0.15) is 6.42 Å². The molecule has 4 nitrogen and oxygen atoms in total. The fourth-order valence-electron chi connectivity index (χ4n) is 1.59. The van der Waals surface area contributed by atoms with E-state index in [9.17, 15) is 9.59 Å². The summed E-state index contributed by atoms with van der Waals surface area (Å²) in [5.74, 6) is 2.54. The molecule has 2 N–H and O–H groups in total. The van der Waals surface area contributed by atoms with E-state index in [0.717, 1.165) is 28.7 Å². The smallest absolute Gasteiger partial charge is 0.229 e. The van der Waals surface area contributed by atoms with Crippen LogP contribution in [0, 0.1) is 5.92 Å². The quantitative estimate of drug-likeness (QED) is 0.721. The van der Waals surface area contributed by atoms with Crippen LogP contribution in [0.15, 0.2) is 11.1 Å². The Morgan fingerprint density at radius 1 is 1.31 bits per heavy atom. The highest BCUT2D eigenvalue weighted by molar-refractivity contribution is 8.03. The van der Waals surface area contributed by atoms with E-state index in [2.05, 4.69) is 10.6 Å². The summed E-state index contributed by atoms with van der Waals surface area (Å²) in [5.41, 5.74) is 0. The van der Waals surface area contributed by atoms with Gasteiger partial charge in [-0.25, -0.2) is 0 Å². The number of rotatable bonds is 1. The summed E-state index contributed by atoms with van der Waals surface area (Å²) in [6, 6.07) is 0. The molecule has 1 saturated heterocycles. The van der Waals surface area contributed by atoms with Gasteiger partial charge in [-0.15, -0.1) is 11.8 Å². The number of nitrogens with one attached hydrogen (secondary N) is 2. The first-order valence-electron chi connectivity index (χ1n) is 5.25. The predicted octanol–water partition coefficient (Wildman–Crippen LogP) is 0.560. The molecule has 6 heteroatoms. The monoisotopic (exact) mass is 258 g/mol. The Hall–Kier alpha value is -0.620. The van der Waals surface area contributed by atoms with Crippen molar-refractivity contribution < 1.29 is 9.59 Å². The third kappa shape index (κ3) is 2.95. The van der Waals surface area contributed by atoms with Crippen molar-refractivity contribution in [3.63, 3.8) is 0 Å². The highest BCUT2D eigenvalue weighted by Gasteiger charge is 2.26. The van der Waals surface area contributed by atoms with Crippen LogP contribution in [0.4, 0.5) is 0 Å². The minimum atomic E-state index is -0.101. The highest BCUT2D eigenvalue weighted by atomic mass is 32.2.